The van der Waals surface area contributed by atoms with E-state index in [1.807, 2.05) is 18.2 Å². The first kappa shape index (κ1) is 13.9. The molecule has 0 spiro atoms. The van der Waals surface area contributed by atoms with E-state index in [1.54, 1.807) is 0 Å². The van der Waals surface area contributed by atoms with Crippen LogP contribution in [0.5, 0.6) is 0 Å². The zero-order valence-electron chi connectivity index (χ0n) is 12.1. The fraction of sp³-hybridized carbons (Fsp3) is 0.533. The number of aromatic nitrogens is 2. The molecule has 104 valence electrons. The molecule has 1 aromatic carbocycles. The first-order chi connectivity index (χ1) is 8.95. The van der Waals surface area contributed by atoms with E-state index in [0.717, 1.165) is 22.5 Å². The summed E-state index contributed by atoms with van der Waals surface area (Å²) in [5, 5.41) is 9.40. The second-order valence-electron chi connectivity index (χ2n) is 5.64. The van der Waals surface area contributed by atoms with Crippen molar-refractivity contribution in [2.45, 2.75) is 39.7 Å². The third-order valence-electron chi connectivity index (χ3n) is 3.78. The van der Waals surface area contributed by atoms with Crippen molar-refractivity contribution >= 4 is 16.7 Å². The number of nitrogens with zero attached hydrogens (tertiary/aromatic N) is 2. The van der Waals surface area contributed by atoms with Crippen LogP contribution in [0.1, 0.15) is 45.5 Å². The number of benzene rings is 1. The van der Waals surface area contributed by atoms with Crippen LogP contribution in [0.3, 0.4) is 0 Å². The SMILES string of the molecule is CC(C)c1nc2cc(N)ccc2n1C(C)C(C)CO. The van der Waals surface area contributed by atoms with Crippen LogP contribution in [0.2, 0.25) is 0 Å². The van der Waals surface area contributed by atoms with Gasteiger partial charge in [0.2, 0.25) is 0 Å². The van der Waals surface area contributed by atoms with Crippen LogP contribution in [0, 0.1) is 5.92 Å². The van der Waals surface area contributed by atoms with Crippen molar-refractivity contribution in [2.24, 2.45) is 5.92 Å². The Morgan fingerprint density at radius 3 is 2.53 bits per heavy atom. The molecule has 1 heterocycles. The van der Waals surface area contributed by atoms with Gasteiger partial charge in [-0.1, -0.05) is 20.8 Å². The summed E-state index contributed by atoms with van der Waals surface area (Å²) < 4.78 is 2.24. The molecular weight excluding hydrogens is 238 g/mol. The molecule has 0 aliphatic carbocycles. The molecule has 2 unspecified atom stereocenters. The minimum Gasteiger partial charge on any atom is -0.399 e. The van der Waals surface area contributed by atoms with E-state index in [1.165, 1.54) is 0 Å². The smallest absolute Gasteiger partial charge is 0.112 e. The molecule has 2 rings (SSSR count). The van der Waals surface area contributed by atoms with Gasteiger partial charge in [-0.15, -0.1) is 0 Å². The van der Waals surface area contributed by atoms with Crippen LogP contribution in [-0.4, -0.2) is 21.3 Å². The number of hydrogen-bond donors (Lipinski definition) is 2. The predicted molar refractivity (Wildman–Crippen MR) is 79.2 cm³/mol. The monoisotopic (exact) mass is 261 g/mol. The Hall–Kier alpha value is -1.55. The maximum absolute atomic E-state index is 9.40. The predicted octanol–water partition coefficient (Wildman–Crippen LogP) is 2.93. The molecule has 19 heavy (non-hydrogen) atoms. The lowest BCUT2D eigenvalue weighted by Crippen LogP contribution is -2.19. The maximum Gasteiger partial charge on any atom is 0.112 e. The van der Waals surface area contributed by atoms with Crippen LogP contribution in [0.4, 0.5) is 5.69 Å². The van der Waals surface area contributed by atoms with Gasteiger partial charge in [0, 0.05) is 24.3 Å². The molecule has 0 aliphatic heterocycles. The molecule has 4 heteroatoms. The van der Waals surface area contributed by atoms with E-state index in [0.29, 0.717) is 5.92 Å². The zero-order valence-corrected chi connectivity index (χ0v) is 12.1. The first-order valence-corrected chi connectivity index (χ1v) is 6.84. The Labute approximate surface area is 114 Å². The van der Waals surface area contributed by atoms with Crippen molar-refractivity contribution in [3.05, 3.63) is 24.0 Å². The largest absolute Gasteiger partial charge is 0.399 e. The first-order valence-electron chi connectivity index (χ1n) is 6.84. The molecule has 0 fully saturated rings. The molecular formula is C15H23N3O. The van der Waals surface area contributed by atoms with E-state index in [-0.39, 0.29) is 18.6 Å². The highest BCUT2D eigenvalue weighted by Crippen LogP contribution is 2.30. The summed E-state index contributed by atoms with van der Waals surface area (Å²) in [5.74, 6) is 1.57. The fourth-order valence-electron chi connectivity index (χ4n) is 2.38. The Morgan fingerprint density at radius 2 is 1.95 bits per heavy atom. The average Bonchev–Trinajstić information content (AvgIpc) is 2.75. The number of fused-ring (bicyclic) bond motifs is 1. The highest BCUT2D eigenvalue weighted by atomic mass is 16.3. The summed E-state index contributed by atoms with van der Waals surface area (Å²) in [5.41, 5.74) is 8.58. The molecule has 0 aliphatic rings. The quantitative estimate of drug-likeness (QED) is 0.832. The minimum atomic E-state index is 0.174. The van der Waals surface area contributed by atoms with Crippen LogP contribution in [0.15, 0.2) is 18.2 Å². The molecule has 0 bridgehead atoms. The summed E-state index contributed by atoms with van der Waals surface area (Å²) in [6.07, 6.45) is 0. The van der Waals surface area contributed by atoms with Gasteiger partial charge in [-0.25, -0.2) is 4.98 Å². The standard InChI is InChI=1S/C15H23N3O/c1-9(2)15-17-13-7-12(16)5-6-14(13)18(15)11(4)10(3)8-19/h5-7,9-11,19H,8,16H2,1-4H3. The van der Waals surface area contributed by atoms with Crippen molar-refractivity contribution in [3.63, 3.8) is 0 Å². The Kier molecular flexibility index (Phi) is 3.80. The molecule has 0 amide bonds. The Balaban J connectivity index is 2.65. The third kappa shape index (κ3) is 2.45. The zero-order chi connectivity index (χ0) is 14.2. The van der Waals surface area contributed by atoms with E-state index >= 15 is 0 Å². The summed E-state index contributed by atoms with van der Waals surface area (Å²) in [6, 6.07) is 6.04. The lowest BCUT2D eigenvalue weighted by molar-refractivity contribution is 0.197. The van der Waals surface area contributed by atoms with E-state index in [2.05, 4.69) is 32.3 Å². The molecule has 1 aromatic heterocycles. The lowest BCUT2D eigenvalue weighted by Gasteiger charge is -2.23. The molecule has 0 saturated heterocycles. The fourth-order valence-corrected chi connectivity index (χ4v) is 2.38. The number of anilines is 1. The van der Waals surface area contributed by atoms with Gasteiger partial charge in [-0.2, -0.15) is 0 Å². The molecule has 0 saturated carbocycles. The number of aliphatic hydroxyl groups excluding tert-OH is 1. The minimum absolute atomic E-state index is 0.174. The summed E-state index contributed by atoms with van der Waals surface area (Å²) in [6.45, 7) is 8.63. The van der Waals surface area contributed by atoms with Crippen LogP contribution < -0.4 is 5.73 Å². The van der Waals surface area contributed by atoms with Gasteiger partial charge >= 0.3 is 0 Å². The summed E-state index contributed by atoms with van der Waals surface area (Å²) in [4.78, 5) is 4.71. The van der Waals surface area contributed by atoms with Gasteiger partial charge in [-0.3, -0.25) is 0 Å². The molecule has 4 nitrogen and oxygen atoms in total. The van der Waals surface area contributed by atoms with Crippen molar-refractivity contribution in [1.82, 2.24) is 9.55 Å². The molecule has 2 aromatic rings. The normalized spacial score (nSPS) is 15.1. The van der Waals surface area contributed by atoms with Gasteiger partial charge in [0.05, 0.1) is 11.0 Å². The van der Waals surface area contributed by atoms with Crippen molar-refractivity contribution < 1.29 is 5.11 Å². The average molecular weight is 261 g/mol. The highest BCUT2D eigenvalue weighted by Gasteiger charge is 2.21. The van der Waals surface area contributed by atoms with E-state index < -0.39 is 0 Å². The van der Waals surface area contributed by atoms with Gasteiger partial charge in [-0.05, 0) is 31.0 Å². The van der Waals surface area contributed by atoms with Gasteiger partial charge in [0.1, 0.15) is 5.82 Å². The van der Waals surface area contributed by atoms with E-state index in [9.17, 15) is 5.11 Å². The number of aliphatic hydroxyl groups is 1. The Morgan fingerprint density at radius 1 is 1.26 bits per heavy atom. The van der Waals surface area contributed by atoms with Crippen LogP contribution in [0.25, 0.3) is 11.0 Å². The highest BCUT2D eigenvalue weighted by molar-refractivity contribution is 5.80. The maximum atomic E-state index is 9.40. The van der Waals surface area contributed by atoms with E-state index in [4.69, 9.17) is 10.7 Å². The number of nitrogens with two attached hydrogens (primary N) is 1. The topological polar surface area (TPSA) is 64.1 Å². The van der Waals surface area contributed by atoms with Gasteiger partial charge < -0.3 is 15.4 Å². The summed E-state index contributed by atoms with van der Waals surface area (Å²) in [7, 11) is 0. The second-order valence-corrected chi connectivity index (χ2v) is 5.64. The third-order valence-corrected chi connectivity index (χ3v) is 3.78. The molecule has 3 N–H and O–H groups in total. The Bertz CT molecular complexity index is 574. The van der Waals surface area contributed by atoms with Crippen LogP contribution in [-0.2, 0) is 0 Å². The van der Waals surface area contributed by atoms with Crippen molar-refractivity contribution in [2.75, 3.05) is 12.3 Å². The number of rotatable bonds is 4. The number of imidazole rings is 1. The molecule has 0 radical (unpaired) electrons. The summed E-state index contributed by atoms with van der Waals surface area (Å²) >= 11 is 0. The van der Waals surface area contributed by atoms with Crippen molar-refractivity contribution in [3.8, 4) is 0 Å². The van der Waals surface area contributed by atoms with Gasteiger partial charge in [0.25, 0.3) is 0 Å². The number of hydrogen-bond acceptors (Lipinski definition) is 3. The van der Waals surface area contributed by atoms with Crippen LogP contribution >= 0.6 is 0 Å². The van der Waals surface area contributed by atoms with Crippen molar-refractivity contribution in [1.29, 1.82) is 0 Å². The molecule has 2 atom stereocenters. The van der Waals surface area contributed by atoms with Gasteiger partial charge in [0.15, 0.2) is 0 Å². The number of nitrogen functional groups attached to an aromatic ring is 1. The lowest BCUT2D eigenvalue weighted by atomic mass is 10.0. The second kappa shape index (κ2) is 5.21.